The SMILES string of the molecule is COc1ccc(C(=O)c2c(O)cc(O)cc2C(C)C(=O)O)cc1. The van der Waals surface area contributed by atoms with Crippen LogP contribution in [0.3, 0.4) is 0 Å². The number of benzene rings is 2. The van der Waals surface area contributed by atoms with Crippen molar-refractivity contribution in [3.63, 3.8) is 0 Å². The fraction of sp³-hybridized carbons (Fsp3) is 0.176. The first kappa shape index (κ1) is 16.4. The topological polar surface area (TPSA) is 104 Å². The van der Waals surface area contributed by atoms with E-state index in [0.29, 0.717) is 5.75 Å². The van der Waals surface area contributed by atoms with Gasteiger partial charge in [-0.2, -0.15) is 0 Å². The summed E-state index contributed by atoms with van der Waals surface area (Å²) in [5, 5.41) is 28.8. The van der Waals surface area contributed by atoms with E-state index in [2.05, 4.69) is 0 Å². The molecule has 0 saturated carbocycles. The molecule has 2 rings (SSSR count). The fourth-order valence-corrected chi connectivity index (χ4v) is 2.24. The van der Waals surface area contributed by atoms with Crippen LogP contribution in [-0.2, 0) is 4.79 Å². The van der Waals surface area contributed by atoms with E-state index in [0.717, 1.165) is 6.07 Å². The number of methoxy groups -OCH3 is 1. The van der Waals surface area contributed by atoms with Crippen molar-refractivity contribution in [1.29, 1.82) is 0 Å². The number of phenols is 2. The quantitative estimate of drug-likeness (QED) is 0.732. The molecule has 0 bridgehead atoms. The molecule has 0 aliphatic carbocycles. The van der Waals surface area contributed by atoms with Crippen molar-refractivity contribution in [3.05, 3.63) is 53.1 Å². The summed E-state index contributed by atoms with van der Waals surface area (Å²) in [7, 11) is 1.50. The molecule has 0 aromatic heterocycles. The van der Waals surface area contributed by atoms with Gasteiger partial charge in [0.25, 0.3) is 0 Å². The number of aromatic hydroxyl groups is 2. The number of ether oxygens (including phenoxy) is 1. The Kier molecular flexibility index (Phi) is 4.55. The van der Waals surface area contributed by atoms with Crippen LogP contribution < -0.4 is 4.74 Å². The number of phenolic OH excluding ortho intramolecular Hbond substituents is 2. The zero-order chi connectivity index (χ0) is 17.1. The molecule has 0 saturated heterocycles. The Balaban J connectivity index is 2.56. The first-order valence-corrected chi connectivity index (χ1v) is 6.82. The lowest BCUT2D eigenvalue weighted by Gasteiger charge is -2.15. The summed E-state index contributed by atoms with van der Waals surface area (Å²) in [5.74, 6) is -2.97. The van der Waals surface area contributed by atoms with E-state index < -0.39 is 23.4 Å². The average molecular weight is 316 g/mol. The van der Waals surface area contributed by atoms with Crippen LogP contribution in [0.5, 0.6) is 17.2 Å². The van der Waals surface area contributed by atoms with Gasteiger partial charge in [-0.05, 0) is 42.8 Å². The van der Waals surface area contributed by atoms with Crippen LogP contribution in [0.1, 0.15) is 34.3 Å². The predicted octanol–water partition coefficient (Wildman–Crippen LogP) is 2.53. The Bertz CT molecular complexity index is 748. The average Bonchev–Trinajstić information content (AvgIpc) is 2.52. The largest absolute Gasteiger partial charge is 0.508 e. The number of hydrogen-bond acceptors (Lipinski definition) is 5. The summed E-state index contributed by atoms with van der Waals surface area (Å²) >= 11 is 0. The summed E-state index contributed by atoms with van der Waals surface area (Å²) in [4.78, 5) is 23.9. The van der Waals surface area contributed by atoms with Gasteiger partial charge in [0.15, 0.2) is 5.78 Å². The van der Waals surface area contributed by atoms with Gasteiger partial charge in [-0.15, -0.1) is 0 Å². The molecule has 6 heteroatoms. The number of ketones is 1. The molecule has 23 heavy (non-hydrogen) atoms. The number of carboxylic acids is 1. The zero-order valence-electron chi connectivity index (χ0n) is 12.6. The molecule has 2 aromatic rings. The van der Waals surface area contributed by atoms with Crippen LogP contribution in [0.25, 0.3) is 0 Å². The van der Waals surface area contributed by atoms with E-state index in [4.69, 9.17) is 4.74 Å². The Labute approximate surface area is 132 Å². The lowest BCUT2D eigenvalue weighted by atomic mass is 9.90. The van der Waals surface area contributed by atoms with Gasteiger partial charge in [-0.1, -0.05) is 0 Å². The summed E-state index contributed by atoms with van der Waals surface area (Å²) in [6.45, 7) is 1.38. The maximum Gasteiger partial charge on any atom is 0.310 e. The molecular formula is C17H16O6. The molecular weight excluding hydrogens is 300 g/mol. The Hall–Kier alpha value is -3.02. The molecule has 0 amide bonds. The smallest absolute Gasteiger partial charge is 0.310 e. The monoisotopic (exact) mass is 316 g/mol. The molecule has 0 fully saturated rings. The third kappa shape index (κ3) is 3.26. The van der Waals surface area contributed by atoms with Crippen LogP contribution in [0.15, 0.2) is 36.4 Å². The van der Waals surface area contributed by atoms with Gasteiger partial charge >= 0.3 is 5.97 Å². The van der Waals surface area contributed by atoms with E-state index in [-0.39, 0.29) is 22.4 Å². The number of carboxylic acid groups (broad SMARTS) is 1. The van der Waals surface area contributed by atoms with Crippen molar-refractivity contribution in [2.75, 3.05) is 7.11 Å². The highest BCUT2D eigenvalue weighted by molar-refractivity contribution is 6.12. The van der Waals surface area contributed by atoms with Crippen LogP contribution in [0, 0.1) is 0 Å². The minimum Gasteiger partial charge on any atom is -0.508 e. The molecule has 1 unspecified atom stereocenters. The van der Waals surface area contributed by atoms with Crippen molar-refractivity contribution in [1.82, 2.24) is 0 Å². The Morgan fingerprint density at radius 3 is 2.22 bits per heavy atom. The standard InChI is InChI=1S/C17H16O6/c1-9(17(21)22)13-7-11(18)8-14(19)15(13)16(20)10-3-5-12(23-2)6-4-10/h3-9,18-19H,1-2H3,(H,21,22). The highest BCUT2D eigenvalue weighted by Gasteiger charge is 2.26. The normalized spacial score (nSPS) is 11.7. The van der Waals surface area contributed by atoms with Gasteiger partial charge in [0, 0.05) is 11.6 Å². The molecule has 2 aromatic carbocycles. The first-order chi connectivity index (χ1) is 10.8. The Morgan fingerprint density at radius 2 is 1.70 bits per heavy atom. The molecule has 0 spiro atoms. The van der Waals surface area contributed by atoms with Crippen molar-refractivity contribution in [3.8, 4) is 17.2 Å². The van der Waals surface area contributed by atoms with Crippen molar-refractivity contribution < 1.29 is 29.6 Å². The molecule has 120 valence electrons. The van der Waals surface area contributed by atoms with E-state index in [1.54, 1.807) is 12.1 Å². The lowest BCUT2D eigenvalue weighted by molar-refractivity contribution is -0.138. The van der Waals surface area contributed by atoms with Crippen molar-refractivity contribution in [2.45, 2.75) is 12.8 Å². The summed E-state index contributed by atoms with van der Waals surface area (Å²) in [6.07, 6.45) is 0. The summed E-state index contributed by atoms with van der Waals surface area (Å²) < 4.78 is 5.02. The molecule has 0 aliphatic rings. The van der Waals surface area contributed by atoms with E-state index >= 15 is 0 Å². The number of carbonyl (C=O) groups is 2. The summed E-state index contributed by atoms with van der Waals surface area (Å²) in [5.41, 5.74) is 0.185. The van der Waals surface area contributed by atoms with Crippen LogP contribution >= 0.6 is 0 Å². The van der Waals surface area contributed by atoms with Gasteiger partial charge in [0.2, 0.25) is 0 Å². The summed E-state index contributed by atoms with van der Waals surface area (Å²) in [6, 6.07) is 8.39. The molecule has 0 heterocycles. The predicted molar refractivity (Wildman–Crippen MR) is 82.2 cm³/mol. The molecule has 0 aliphatic heterocycles. The number of carbonyl (C=O) groups excluding carboxylic acids is 1. The van der Waals surface area contributed by atoms with Crippen molar-refractivity contribution >= 4 is 11.8 Å². The minimum absolute atomic E-state index is 0.0517. The third-order valence-corrected chi connectivity index (χ3v) is 3.55. The fourth-order valence-electron chi connectivity index (χ4n) is 2.24. The van der Waals surface area contributed by atoms with E-state index in [9.17, 15) is 24.9 Å². The maximum atomic E-state index is 12.7. The molecule has 1 atom stereocenters. The molecule has 6 nitrogen and oxygen atoms in total. The van der Waals surface area contributed by atoms with Gasteiger partial charge < -0.3 is 20.1 Å². The lowest BCUT2D eigenvalue weighted by Crippen LogP contribution is -2.14. The second-order valence-electron chi connectivity index (χ2n) is 5.05. The van der Waals surface area contributed by atoms with Gasteiger partial charge in [-0.3, -0.25) is 9.59 Å². The van der Waals surface area contributed by atoms with Crippen LogP contribution in [0.2, 0.25) is 0 Å². The van der Waals surface area contributed by atoms with Gasteiger partial charge in [0.05, 0.1) is 18.6 Å². The van der Waals surface area contributed by atoms with E-state index in [1.807, 2.05) is 0 Å². The first-order valence-electron chi connectivity index (χ1n) is 6.82. The maximum absolute atomic E-state index is 12.7. The molecule has 0 radical (unpaired) electrons. The van der Waals surface area contributed by atoms with Gasteiger partial charge in [-0.25, -0.2) is 0 Å². The van der Waals surface area contributed by atoms with E-state index in [1.165, 1.54) is 32.2 Å². The van der Waals surface area contributed by atoms with Crippen LogP contribution in [-0.4, -0.2) is 34.2 Å². The van der Waals surface area contributed by atoms with Crippen LogP contribution in [0.4, 0.5) is 0 Å². The highest BCUT2D eigenvalue weighted by Crippen LogP contribution is 2.34. The second kappa shape index (κ2) is 6.39. The van der Waals surface area contributed by atoms with Gasteiger partial charge in [0.1, 0.15) is 17.2 Å². The van der Waals surface area contributed by atoms with Crippen molar-refractivity contribution in [2.24, 2.45) is 0 Å². The second-order valence-corrected chi connectivity index (χ2v) is 5.05. The highest BCUT2D eigenvalue weighted by atomic mass is 16.5. The minimum atomic E-state index is -1.17. The Morgan fingerprint density at radius 1 is 1.09 bits per heavy atom. The number of hydrogen-bond donors (Lipinski definition) is 3. The molecule has 3 N–H and O–H groups in total. The zero-order valence-corrected chi connectivity index (χ0v) is 12.6. The number of aliphatic carboxylic acids is 1. The third-order valence-electron chi connectivity index (χ3n) is 3.55. The number of rotatable bonds is 5.